The molecule has 1 amide bonds. The van der Waals surface area contributed by atoms with E-state index in [-0.39, 0.29) is 11.7 Å². The number of benzene rings is 2. The van der Waals surface area contributed by atoms with Gasteiger partial charge in [-0.1, -0.05) is 53.9 Å². The van der Waals surface area contributed by atoms with Crippen molar-refractivity contribution in [3.05, 3.63) is 59.7 Å². The Morgan fingerprint density at radius 1 is 1.20 bits per heavy atom. The van der Waals surface area contributed by atoms with Crippen molar-refractivity contribution in [2.75, 3.05) is 18.2 Å². The van der Waals surface area contributed by atoms with Gasteiger partial charge in [-0.2, -0.15) is 0 Å². The van der Waals surface area contributed by atoms with Gasteiger partial charge in [0, 0.05) is 5.75 Å². The van der Waals surface area contributed by atoms with Crippen molar-refractivity contribution in [2.24, 2.45) is 4.99 Å². The second kappa shape index (κ2) is 8.22. The lowest BCUT2D eigenvalue weighted by Gasteiger charge is -2.14. The molecule has 0 saturated carbocycles. The number of methoxy groups -OCH3 is 1. The molecular formula is C18H16N2O3S2. The van der Waals surface area contributed by atoms with Crippen molar-refractivity contribution in [2.45, 2.75) is 5.75 Å². The van der Waals surface area contributed by atoms with Crippen LogP contribution in [0.4, 0.5) is 11.4 Å². The van der Waals surface area contributed by atoms with Gasteiger partial charge >= 0.3 is 5.97 Å². The van der Waals surface area contributed by atoms with Crippen LogP contribution in [0.3, 0.4) is 0 Å². The van der Waals surface area contributed by atoms with Crippen LogP contribution in [-0.2, 0) is 15.3 Å². The molecule has 0 saturated heterocycles. The van der Waals surface area contributed by atoms with Gasteiger partial charge in [-0.15, -0.1) is 0 Å². The predicted octanol–water partition coefficient (Wildman–Crippen LogP) is 4.08. The highest BCUT2D eigenvalue weighted by molar-refractivity contribution is 8.38. The molecule has 0 spiro atoms. The molecule has 7 heteroatoms. The Bertz CT molecular complexity index is 837. The van der Waals surface area contributed by atoms with Gasteiger partial charge in [0.25, 0.3) is 0 Å². The van der Waals surface area contributed by atoms with Gasteiger partial charge in [0.1, 0.15) is 4.38 Å². The first-order chi connectivity index (χ1) is 12.2. The van der Waals surface area contributed by atoms with E-state index in [0.29, 0.717) is 11.3 Å². The average Bonchev–Trinajstić information content (AvgIpc) is 2.66. The van der Waals surface area contributed by atoms with E-state index in [1.54, 1.807) is 36.0 Å². The zero-order valence-corrected chi connectivity index (χ0v) is 15.2. The first kappa shape index (κ1) is 17.6. The monoisotopic (exact) mass is 372 g/mol. The normalized spacial score (nSPS) is 12.8. The highest BCUT2D eigenvalue weighted by Gasteiger charge is 2.16. The van der Waals surface area contributed by atoms with Crippen molar-refractivity contribution in [1.82, 2.24) is 0 Å². The molecule has 0 aromatic heterocycles. The largest absolute Gasteiger partial charge is 0.465 e. The van der Waals surface area contributed by atoms with Gasteiger partial charge in [0.2, 0.25) is 5.91 Å². The molecule has 2 aromatic carbocycles. The zero-order chi connectivity index (χ0) is 17.6. The van der Waals surface area contributed by atoms with Crippen molar-refractivity contribution in [3.8, 4) is 0 Å². The summed E-state index contributed by atoms with van der Waals surface area (Å²) in [4.78, 5) is 28.5. The first-order valence-electron chi connectivity index (χ1n) is 7.57. The number of carbonyl (C=O) groups is 2. The van der Waals surface area contributed by atoms with Crippen LogP contribution in [0.15, 0.2) is 53.5 Å². The molecule has 0 bridgehead atoms. The number of nitrogens with zero attached hydrogens (tertiary/aromatic N) is 1. The van der Waals surface area contributed by atoms with Crippen LogP contribution < -0.4 is 5.32 Å². The number of amides is 1. The van der Waals surface area contributed by atoms with Crippen molar-refractivity contribution in [1.29, 1.82) is 0 Å². The Labute approximate surface area is 154 Å². The summed E-state index contributed by atoms with van der Waals surface area (Å²) in [6, 6.07) is 14.8. The fourth-order valence-electron chi connectivity index (χ4n) is 2.28. The molecule has 0 fully saturated rings. The van der Waals surface area contributed by atoms with Crippen molar-refractivity contribution >= 4 is 51.2 Å². The summed E-state index contributed by atoms with van der Waals surface area (Å²) in [5.41, 5.74) is 2.94. The number of fused-ring (bicyclic) bond motifs is 1. The molecule has 0 atom stereocenters. The molecule has 0 aliphatic carbocycles. The smallest absolute Gasteiger partial charge is 0.339 e. The molecule has 128 valence electrons. The molecule has 1 heterocycles. The standard InChI is InChI=1S/C18H16N2O3S2/c1-23-17(22)13-7-3-5-9-15(13)19-16(21)11-25-18-20-14-8-4-2-6-12(14)10-24-18/h2-9H,10-11H2,1H3,(H,19,21). The van der Waals surface area contributed by atoms with E-state index in [4.69, 9.17) is 4.74 Å². The number of para-hydroxylation sites is 2. The maximum absolute atomic E-state index is 12.2. The van der Waals surface area contributed by atoms with E-state index in [1.165, 1.54) is 24.4 Å². The molecular weight excluding hydrogens is 356 g/mol. The van der Waals surface area contributed by atoms with Crippen LogP contribution >= 0.6 is 23.5 Å². The summed E-state index contributed by atoms with van der Waals surface area (Å²) in [7, 11) is 1.31. The van der Waals surface area contributed by atoms with Gasteiger partial charge in [-0.25, -0.2) is 9.79 Å². The van der Waals surface area contributed by atoms with Crippen LogP contribution in [0, 0.1) is 0 Å². The number of esters is 1. The zero-order valence-electron chi connectivity index (χ0n) is 13.5. The second-order valence-corrected chi connectivity index (χ2v) is 7.36. The molecule has 1 N–H and O–H groups in total. The Kier molecular flexibility index (Phi) is 5.78. The molecule has 5 nitrogen and oxygen atoms in total. The molecule has 1 aliphatic rings. The lowest BCUT2D eigenvalue weighted by Crippen LogP contribution is -2.17. The minimum atomic E-state index is -0.479. The van der Waals surface area contributed by atoms with E-state index < -0.39 is 5.97 Å². The quantitative estimate of drug-likeness (QED) is 0.819. The number of nitrogens with one attached hydrogen (secondary N) is 1. The lowest BCUT2D eigenvalue weighted by atomic mass is 10.2. The predicted molar refractivity (Wildman–Crippen MR) is 104 cm³/mol. The summed E-state index contributed by atoms with van der Waals surface area (Å²) in [5, 5.41) is 2.76. The van der Waals surface area contributed by atoms with E-state index in [1.807, 2.05) is 18.2 Å². The summed E-state index contributed by atoms with van der Waals surface area (Å²) in [5.74, 6) is 0.411. The average molecular weight is 372 g/mol. The SMILES string of the molecule is COC(=O)c1ccccc1NC(=O)CSC1=Nc2ccccc2CS1. The van der Waals surface area contributed by atoms with Crippen molar-refractivity contribution < 1.29 is 14.3 Å². The highest BCUT2D eigenvalue weighted by atomic mass is 32.2. The lowest BCUT2D eigenvalue weighted by molar-refractivity contribution is -0.113. The Morgan fingerprint density at radius 2 is 1.96 bits per heavy atom. The fourth-order valence-corrected chi connectivity index (χ4v) is 4.14. The van der Waals surface area contributed by atoms with Crippen LogP contribution in [0.5, 0.6) is 0 Å². The number of anilines is 1. The summed E-state index contributed by atoms with van der Waals surface area (Å²) < 4.78 is 5.60. The van der Waals surface area contributed by atoms with E-state index >= 15 is 0 Å². The van der Waals surface area contributed by atoms with E-state index in [9.17, 15) is 9.59 Å². The maximum Gasteiger partial charge on any atom is 0.339 e. The van der Waals surface area contributed by atoms with Gasteiger partial charge < -0.3 is 10.1 Å². The third-order valence-electron chi connectivity index (χ3n) is 3.49. The van der Waals surface area contributed by atoms with Crippen LogP contribution in [0.1, 0.15) is 15.9 Å². The second-order valence-electron chi connectivity index (χ2n) is 5.17. The Hall–Kier alpha value is -2.25. The molecule has 25 heavy (non-hydrogen) atoms. The van der Waals surface area contributed by atoms with Crippen LogP contribution in [-0.4, -0.2) is 29.1 Å². The highest BCUT2D eigenvalue weighted by Crippen LogP contribution is 2.34. The third-order valence-corrected chi connectivity index (χ3v) is 5.73. The topological polar surface area (TPSA) is 67.8 Å². The number of thioether (sulfide) groups is 2. The Morgan fingerprint density at radius 3 is 2.80 bits per heavy atom. The molecule has 2 aromatic rings. The van der Waals surface area contributed by atoms with Crippen molar-refractivity contribution in [3.63, 3.8) is 0 Å². The van der Waals surface area contributed by atoms with E-state index in [2.05, 4.69) is 16.4 Å². The van der Waals surface area contributed by atoms with Crippen LogP contribution in [0.2, 0.25) is 0 Å². The number of aliphatic imine (C=N–C) groups is 1. The first-order valence-corrected chi connectivity index (χ1v) is 9.54. The molecule has 0 unspecified atom stereocenters. The third kappa shape index (κ3) is 4.43. The molecule has 3 rings (SSSR count). The number of rotatable bonds is 4. The Balaban J connectivity index is 1.61. The van der Waals surface area contributed by atoms with Gasteiger partial charge in [-0.05, 0) is 23.8 Å². The fraction of sp³-hybridized carbons (Fsp3) is 0.167. The number of hydrogen-bond acceptors (Lipinski definition) is 6. The number of carbonyl (C=O) groups excluding carboxylic acids is 2. The summed E-state index contributed by atoms with van der Waals surface area (Å²) >= 11 is 3.02. The summed E-state index contributed by atoms with van der Waals surface area (Å²) in [6.07, 6.45) is 0. The summed E-state index contributed by atoms with van der Waals surface area (Å²) in [6.45, 7) is 0. The maximum atomic E-state index is 12.2. The van der Waals surface area contributed by atoms with E-state index in [0.717, 1.165) is 15.8 Å². The van der Waals surface area contributed by atoms with Gasteiger partial charge in [0.15, 0.2) is 0 Å². The number of ether oxygens (including phenoxy) is 1. The van der Waals surface area contributed by atoms with Crippen LogP contribution in [0.25, 0.3) is 0 Å². The molecule has 0 radical (unpaired) electrons. The minimum Gasteiger partial charge on any atom is -0.465 e. The minimum absolute atomic E-state index is 0.191. The molecule has 1 aliphatic heterocycles. The number of hydrogen-bond donors (Lipinski definition) is 1. The van der Waals surface area contributed by atoms with Gasteiger partial charge in [0.05, 0.1) is 29.8 Å². The van der Waals surface area contributed by atoms with Gasteiger partial charge in [-0.3, -0.25) is 4.79 Å².